The summed E-state index contributed by atoms with van der Waals surface area (Å²) < 4.78 is 39.9. The van der Waals surface area contributed by atoms with E-state index < -0.39 is 6.36 Å². The molecule has 1 unspecified atom stereocenters. The number of nitrogens with two attached hydrogens (primary N) is 1. The van der Waals surface area contributed by atoms with Crippen LogP contribution in [-0.2, 0) is 0 Å². The molecule has 0 saturated heterocycles. The van der Waals surface area contributed by atoms with E-state index in [2.05, 4.69) is 4.74 Å². The van der Waals surface area contributed by atoms with Crippen LogP contribution in [0.25, 0.3) is 0 Å². The molecule has 0 aliphatic carbocycles. The van der Waals surface area contributed by atoms with Crippen molar-refractivity contribution in [3.05, 3.63) is 51.7 Å². The highest BCUT2D eigenvalue weighted by Gasteiger charge is 2.31. The standard InChI is InChI=1S/C13H12F3NOS/c1-8-11(6-7-19-8)12(17)9-2-4-10(5-3-9)18-13(14,15)16/h2-7,12H,17H2,1H3. The fourth-order valence-electron chi connectivity index (χ4n) is 1.77. The first-order valence-electron chi connectivity index (χ1n) is 5.52. The van der Waals surface area contributed by atoms with Crippen molar-refractivity contribution in [1.29, 1.82) is 0 Å². The molecular formula is C13H12F3NOS. The Bertz CT molecular complexity index is 548. The molecule has 102 valence electrons. The molecule has 2 rings (SSSR count). The number of rotatable bonds is 3. The summed E-state index contributed by atoms with van der Waals surface area (Å²) in [6.07, 6.45) is -4.67. The summed E-state index contributed by atoms with van der Waals surface area (Å²) in [7, 11) is 0. The average molecular weight is 287 g/mol. The van der Waals surface area contributed by atoms with Crippen molar-refractivity contribution < 1.29 is 17.9 Å². The lowest BCUT2D eigenvalue weighted by Crippen LogP contribution is -2.17. The van der Waals surface area contributed by atoms with Gasteiger partial charge in [-0.05, 0) is 41.6 Å². The minimum atomic E-state index is -4.67. The van der Waals surface area contributed by atoms with Gasteiger partial charge in [0.25, 0.3) is 0 Å². The van der Waals surface area contributed by atoms with Crippen LogP contribution in [0.2, 0.25) is 0 Å². The van der Waals surface area contributed by atoms with E-state index in [-0.39, 0.29) is 11.8 Å². The lowest BCUT2D eigenvalue weighted by atomic mass is 10.0. The average Bonchev–Trinajstić information content (AvgIpc) is 2.73. The Labute approximate surface area is 112 Å². The van der Waals surface area contributed by atoms with Crippen LogP contribution in [0.3, 0.4) is 0 Å². The van der Waals surface area contributed by atoms with Crippen molar-refractivity contribution >= 4 is 11.3 Å². The Hall–Kier alpha value is -1.53. The van der Waals surface area contributed by atoms with Gasteiger partial charge in [-0.25, -0.2) is 0 Å². The van der Waals surface area contributed by atoms with Gasteiger partial charge in [0.1, 0.15) is 5.75 Å². The van der Waals surface area contributed by atoms with Crippen molar-refractivity contribution in [3.63, 3.8) is 0 Å². The fraction of sp³-hybridized carbons (Fsp3) is 0.231. The van der Waals surface area contributed by atoms with Crippen LogP contribution < -0.4 is 10.5 Å². The zero-order chi connectivity index (χ0) is 14.0. The molecule has 0 amide bonds. The molecule has 0 fully saturated rings. The number of benzene rings is 1. The van der Waals surface area contributed by atoms with Gasteiger partial charge in [-0.1, -0.05) is 12.1 Å². The lowest BCUT2D eigenvalue weighted by molar-refractivity contribution is -0.274. The van der Waals surface area contributed by atoms with Crippen LogP contribution in [-0.4, -0.2) is 6.36 Å². The second kappa shape index (κ2) is 5.22. The Kier molecular flexibility index (Phi) is 3.82. The first-order valence-corrected chi connectivity index (χ1v) is 6.40. The molecule has 1 aromatic heterocycles. The second-order valence-corrected chi connectivity index (χ2v) is 5.15. The van der Waals surface area contributed by atoms with Gasteiger partial charge in [0.15, 0.2) is 0 Å². The zero-order valence-electron chi connectivity index (χ0n) is 10.1. The summed E-state index contributed by atoms with van der Waals surface area (Å²) in [6.45, 7) is 1.96. The van der Waals surface area contributed by atoms with E-state index in [1.165, 1.54) is 12.1 Å². The van der Waals surface area contributed by atoms with Crippen molar-refractivity contribution in [2.45, 2.75) is 19.3 Å². The maximum Gasteiger partial charge on any atom is 0.573 e. The van der Waals surface area contributed by atoms with Crippen molar-refractivity contribution in [1.82, 2.24) is 0 Å². The maximum absolute atomic E-state index is 12.0. The normalized spacial score (nSPS) is 13.3. The minimum Gasteiger partial charge on any atom is -0.406 e. The van der Waals surface area contributed by atoms with E-state index in [4.69, 9.17) is 5.73 Å². The fourth-order valence-corrected chi connectivity index (χ4v) is 2.52. The summed E-state index contributed by atoms with van der Waals surface area (Å²) in [6, 6.07) is 7.21. The van der Waals surface area contributed by atoms with E-state index in [9.17, 15) is 13.2 Å². The number of ether oxygens (including phenoxy) is 1. The van der Waals surface area contributed by atoms with Gasteiger partial charge in [-0.3, -0.25) is 0 Å². The van der Waals surface area contributed by atoms with Crippen LogP contribution in [0.4, 0.5) is 13.2 Å². The minimum absolute atomic E-state index is 0.245. The van der Waals surface area contributed by atoms with Gasteiger partial charge in [-0.15, -0.1) is 24.5 Å². The zero-order valence-corrected chi connectivity index (χ0v) is 10.9. The third kappa shape index (κ3) is 3.48. The molecule has 0 bridgehead atoms. The van der Waals surface area contributed by atoms with Gasteiger partial charge in [-0.2, -0.15) is 0 Å². The van der Waals surface area contributed by atoms with E-state index in [0.29, 0.717) is 0 Å². The van der Waals surface area contributed by atoms with Crippen molar-refractivity contribution in [2.24, 2.45) is 5.73 Å². The van der Waals surface area contributed by atoms with Gasteiger partial charge >= 0.3 is 6.36 Å². The van der Waals surface area contributed by atoms with Gasteiger partial charge < -0.3 is 10.5 Å². The van der Waals surface area contributed by atoms with Crippen LogP contribution in [0.15, 0.2) is 35.7 Å². The Morgan fingerprint density at radius 2 is 1.79 bits per heavy atom. The monoisotopic (exact) mass is 287 g/mol. The number of halogens is 3. The number of hydrogen-bond acceptors (Lipinski definition) is 3. The topological polar surface area (TPSA) is 35.2 Å². The van der Waals surface area contributed by atoms with Gasteiger partial charge in [0, 0.05) is 4.88 Å². The van der Waals surface area contributed by atoms with E-state index in [0.717, 1.165) is 16.0 Å². The molecule has 1 atom stereocenters. The van der Waals surface area contributed by atoms with Crippen molar-refractivity contribution in [3.8, 4) is 5.75 Å². The molecule has 0 spiro atoms. The predicted octanol–water partition coefficient (Wildman–Crippen LogP) is 4.00. The largest absolute Gasteiger partial charge is 0.573 e. The third-order valence-corrected chi connectivity index (χ3v) is 3.57. The number of thiophene rings is 1. The molecule has 2 nitrogen and oxygen atoms in total. The predicted molar refractivity (Wildman–Crippen MR) is 68.2 cm³/mol. The van der Waals surface area contributed by atoms with Gasteiger partial charge in [0.2, 0.25) is 0 Å². The number of hydrogen-bond donors (Lipinski definition) is 1. The third-order valence-electron chi connectivity index (χ3n) is 2.71. The Morgan fingerprint density at radius 1 is 1.16 bits per heavy atom. The molecular weight excluding hydrogens is 275 g/mol. The Balaban J connectivity index is 2.17. The molecule has 0 aliphatic heterocycles. The number of alkyl halides is 3. The van der Waals surface area contributed by atoms with Gasteiger partial charge in [0.05, 0.1) is 6.04 Å². The van der Waals surface area contributed by atoms with E-state index >= 15 is 0 Å². The Morgan fingerprint density at radius 3 is 2.26 bits per heavy atom. The summed E-state index contributed by atoms with van der Waals surface area (Å²) in [5.74, 6) is -0.245. The SMILES string of the molecule is Cc1sccc1C(N)c1ccc(OC(F)(F)F)cc1. The second-order valence-electron chi connectivity index (χ2n) is 4.03. The lowest BCUT2D eigenvalue weighted by Gasteiger charge is -2.13. The molecule has 6 heteroatoms. The van der Waals surface area contributed by atoms with E-state index in [1.54, 1.807) is 23.5 Å². The first-order chi connectivity index (χ1) is 8.87. The van der Waals surface area contributed by atoms with Crippen molar-refractivity contribution in [2.75, 3.05) is 0 Å². The molecule has 0 aliphatic rings. The van der Waals surface area contributed by atoms with Crippen LogP contribution in [0.1, 0.15) is 22.0 Å². The molecule has 0 radical (unpaired) electrons. The summed E-state index contributed by atoms with van der Waals surface area (Å²) in [4.78, 5) is 1.10. The molecule has 2 aromatic rings. The molecule has 1 aromatic carbocycles. The summed E-state index contributed by atoms with van der Waals surface area (Å²) >= 11 is 1.58. The first kappa shape index (κ1) is 13.9. The van der Waals surface area contributed by atoms with Crippen LogP contribution in [0.5, 0.6) is 5.75 Å². The van der Waals surface area contributed by atoms with Crippen LogP contribution in [0, 0.1) is 6.92 Å². The summed E-state index contributed by atoms with van der Waals surface area (Å²) in [5.41, 5.74) is 7.81. The quantitative estimate of drug-likeness (QED) is 0.926. The maximum atomic E-state index is 12.0. The molecule has 19 heavy (non-hydrogen) atoms. The molecule has 2 N–H and O–H groups in total. The number of aryl methyl sites for hydroxylation is 1. The highest BCUT2D eigenvalue weighted by molar-refractivity contribution is 7.10. The highest BCUT2D eigenvalue weighted by Crippen LogP contribution is 2.28. The molecule has 1 heterocycles. The smallest absolute Gasteiger partial charge is 0.406 e. The van der Waals surface area contributed by atoms with Crippen LogP contribution >= 0.6 is 11.3 Å². The summed E-state index contributed by atoms with van der Waals surface area (Å²) in [5, 5.41) is 1.94. The highest BCUT2D eigenvalue weighted by atomic mass is 32.1. The molecule has 0 saturated carbocycles. The van der Waals surface area contributed by atoms with E-state index in [1.807, 2.05) is 18.4 Å².